The van der Waals surface area contributed by atoms with Crippen molar-refractivity contribution in [1.82, 2.24) is 14.1 Å². The summed E-state index contributed by atoms with van der Waals surface area (Å²) in [5.74, 6) is 0.213. The molecule has 2 aromatic carbocycles. The Morgan fingerprint density at radius 1 is 1.09 bits per heavy atom. The maximum atomic E-state index is 13.3. The van der Waals surface area contributed by atoms with Crippen molar-refractivity contribution in [2.45, 2.75) is 38.5 Å². The molecule has 6 nitrogen and oxygen atoms in total. The number of ether oxygens (including phenoxy) is 1. The maximum Gasteiger partial charge on any atom is 0.262 e. The van der Waals surface area contributed by atoms with Crippen LogP contribution >= 0.6 is 11.8 Å². The molecule has 0 aliphatic carbocycles. The minimum absolute atomic E-state index is 0.0163. The third-order valence-electron chi connectivity index (χ3n) is 5.98. The molecule has 0 saturated heterocycles. The van der Waals surface area contributed by atoms with Gasteiger partial charge in [-0.2, -0.15) is 0 Å². The van der Waals surface area contributed by atoms with E-state index in [0.29, 0.717) is 34.8 Å². The van der Waals surface area contributed by atoms with Gasteiger partial charge in [0.2, 0.25) is 0 Å². The highest BCUT2D eigenvalue weighted by Gasteiger charge is 2.20. The molecule has 2 heterocycles. The molecule has 0 spiro atoms. The molecular formula is C27H29N3O3S. The number of ketones is 1. The van der Waals surface area contributed by atoms with E-state index < -0.39 is 0 Å². The second-order valence-corrected chi connectivity index (χ2v) is 9.40. The number of rotatable bonds is 9. The summed E-state index contributed by atoms with van der Waals surface area (Å²) >= 11 is 1.31. The van der Waals surface area contributed by atoms with Crippen LogP contribution in [0.25, 0.3) is 10.9 Å². The summed E-state index contributed by atoms with van der Waals surface area (Å²) < 4.78 is 9.11. The van der Waals surface area contributed by atoms with Gasteiger partial charge in [0.25, 0.3) is 5.56 Å². The number of hydrogen-bond acceptors (Lipinski definition) is 5. The van der Waals surface area contributed by atoms with E-state index in [-0.39, 0.29) is 23.1 Å². The second-order valence-electron chi connectivity index (χ2n) is 8.46. The van der Waals surface area contributed by atoms with Gasteiger partial charge in [-0.25, -0.2) is 4.98 Å². The van der Waals surface area contributed by atoms with Gasteiger partial charge in [-0.15, -0.1) is 0 Å². The monoisotopic (exact) mass is 475 g/mol. The highest BCUT2D eigenvalue weighted by atomic mass is 32.2. The fraction of sp³-hybridized carbons (Fsp3) is 0.296. The van der Waals surface area contributed by atoms with Crippen LogP contribution < -0.4 is 5.56 Å². The van der Waals surface area contributed by atoms with E-state index in [4.69, 9.17) is 9.72 Å². The normalized spacial score (nSPS) is 12.2. The Bertz CT molecular complexity index is 1380. The molecule has 34 heavy (non-hydrogen) atoms. The number of fused-ring (bicyclic) bond motifs is 1. The van der Waals surface area contributed by atoms with Crippen molar-refractivity contribution in [3.05, 3.63) is 93.5 Å². The van der Waals surface area contributed by atoms with Gasteiger partial charge in [0.05, 0.1) is 35.8 Å². The summed E-state index contributed by atoms with van der Waals surface area (Å²) in [6, 6.07) is 19.2. The fourth-order valence-corrected chi connectivity index (χ4v) is 5.31. The van der Waals surface area contributed by atoms with Crippen LogP contribution in [0.1, 0.15) is 40.3 Å². The van der Waals surface area contributed by atoms with Crippen molar-refractivity contribution in [3.8, 4) is 0 Å². The number of carbonyl (C=O) groups excluding carboxylic acids is 1. The summed E-state index contributed by atoms with van der Waals surface area (Å²) in [6.07, 6.45) is 0. The van der Waals surface area contributed by atoms with Gasteiger partial charge in [-0.05, 0) is 44.5 Å². The number of methoxy groups -OCH3 is 1. The number of para-hydroxylation sites is 1. The molecule has 0 radical (unpaired) electrons. The summed E-state index contributed by atoms with van der Waals surface area (Å²) in [7, 11) is 1.68. The van der Waals surface area contributed by atoms with Gasteiger partial charge >= 0.3 is 0 Å². The van der Waals surface area contributed by atoms with Gasteiger partial charge in [0, 0.05) is 24.1 Å². The van der Waals surface area contributed by atoms with Crippen LogP contribution in [0.5, 0.6) is 0 Å². The summed E-state index contributed by atoms with van der Waals surface area (Å²) in [5, 5.41) is 1.12. The van der Waals surface area contributed by atoms with Crippen molar-refractivity contribution < 1.29 is 9.53 Å². The van der Waals surface area contributed by atoms with E-state index in [0.717, 1.165) is 17.0 Å². The van der Waals surface area contributed by atoms with E-state index in [1.165, 1.54) is 11.8 Å². The molecule has 0 N–H and O–H groups in total. The molecule has 4 aromatic rings. The highest BCUT2D eigenvalue weighted by Crippen LogP contribution is 2.25. The molecule has 2 aromatic heterocycles. The van der Waals surface area contributed by atoms with E-state index in [1.807, 2.05) is 68.4 Å². The Labute approximate surface area is 203 Å². The van der Waals surface area contributed by atoms with E-state index >= 15 is 0 Å². The third kappa shape index (κ3) is 4.86. The van der Waals surface area contributed by atoms with Gasteiger partial charge in [-0.1, -0.05) is 54.2 Å². The first-order chi connectivity index (χ1) is 16.4. The van der Waals surface area contributed by atoms with Crippen LogP contribution in [0.4, 0.5) is 0 Å². The Balaban J connectivity index is 1.65. The number of nitrogens with zero attached hydrogens (tertiary/aromatic N) is 3. The lowest BCUT2D eigenvalue weighted by Crippen LogP contribution is -2.24. The molecule has 7 heteroatoms. The number of thioether (sulfide) groups is 1. The summed E-state index contributed by atoms with van der Waals surface area (Å²) in [6.45, 7) is 7.03. The Kier molecular flexibility index (Phi) is 7.34. The summed E-state index contributed by atoms with van der Waals surface area (Å²) in [5.41, 5.74) is 4.20. The molecule has 0 aliphatic heterocycles. The minimum Gasteiger partial charge on any atom is -0.383 e. The number of benzene rings is 2. The predicted octanol–water partition coefficient (Wildman–Crippen LogP) is 5.05. The quantitative estimate of drug-likeness (QED) is 0.193. The number of hydrogen-bond donors (Lipinski definition) is 0. The molecule has 4 rings (SSSR count). The zero-order valence-electron chi connectivity index (χ0n) is 19.9. The lowest BCUT2D eigenvalue weighted by atomic mass is 10.2. The highest BCUT2D eigenvalue weighted by molar-refractivity contribution is 7.99. The second kappa shape index (κ2) is 10.4. The van der Waals surface area contributed by atoms with Crippen LogP contribution in [0.2, 0.25) is 0 Å². The maximum absolute atomic E-state index is 13.3. The standard InChI is InChI=1S/C27H29N3O3S/c1-18-14-23(20(3)30(18)19(2)16-33-4)25(31)17-34-27-28-24-13-9-8-12-22(24)26(32)29(27)15-21-10-6-5-7-11-21/h5-14,19H,15-17H2,1-4H3/t19-/m0/s1. The molecular weight excluding hydrogens is 446 g/mol. The van der Waals surface area contributed by atoms with Crippen LogP contribution in [0.15, 0.2) is 70.6 Å². The number of carbonyl (C=O) groups is 1. The van der Waals surface area contributed by atoms with Crippen molar-refractivity contribution >= 4 is 28.4 Å². The van der Waals surface area contributed by atoms with Crippen LogP contribution in [-0.4, -0.2) is 39.4 Å². The Morgan fingerprint density at radius 2 is 1.79 bits per heavy atom. The molecule has 0 unspecified atom stereocenters. The van der Waals surface area contributed by atoms with Gasteiger partial charge < -0.3 is 9.30 Å². The lowest BCUT2D eigenvalue weighted by molar-refractivity contribution is 0.102. The molecule has 0 fully saturated rings. The van der Waals surface area contributed by atoms with E-state index in [2.05, 4.69) is 11.5 Å². The Hall–Kier alpha value is -3.16. The van der Waals surface area contributed by atoms with Gasteiger partial charge in [0.1, 0.15) is 0 Å². The Morgan fingerprint density at radius 3 is 2.53 bits per heavy atom. The van der Waals surface area contributed by atoms with Crippen molar-refractivity contribution in [3.63, 3.8) is 0 Å². The van der Waals surface area contributed by atoms with Crippen molar-refractivity contribution in [1.29, 1.82) is 0 Å². The average molecular weight is 476 g/mol. The third-order valence-corrected chi connectivity index (χ3v) is 6.95. The first-order valence-electron chi connectivity index (χ1n) is 11.3. The first-order valence-corrected chi connectivity index (χ1v) is 12.3. The number of aryl methyl sites for hydroxylation is 1. The smallest absolute Gasteiger partial charge is 0.262 e. The predicted molar refractivity (Wildman–Crippen MR) is 137 cm³/mol. The van der Waals surface area contributed by atoms with Crippen LogP contribution in [0.3, 0.4) is 0 Å². The molecule has 0 saturated carbocycles. The van der Waals surface area contributed by atoms with E-state index in [9.17, 15) is 9.59 Å². The van der Waals surface area contributed by atoms with Gasteiger partial charge in [0.15, 0.2) is 10.9 Å². The molecule has 0 amide bonds. The SMILES string of the molecule is COC[C@H](C)n1c(C)cc(C(=O)CSc2nc3ccccc3c(=O)n2Cc2ccccc2)c1C. The first kappa shape index (κ1) is 24.0. The topological polar surface area (TPSA) is 66.1 Å². The van der Waals surface area contributed by atoms with Crippen molar-refractivity contribution in [2.75, 3.05) is 19.5 Å². The average Bonchev–Trinajstić information content (AvgIpc) is 3.14. The lowest BCUT2D eigenvalue weighted by Gasteiger charge is -2.17. The minimum atomic E-state index is -0.101. The fourth-order valence-electron chi connectivity index (χ4n) is 4.42. The van der Waals surface area contributed by atoms with Gasteiger partial charge in [-0.3, -0.25) is 14.2 Å². The molecule has 1 atom stereocenters. The number of aromatic nitrogens is 3. The zero-order valence-corrected chi connectivity index (χ0v) is 20.8. The van der Waals surface area contributed by atoms with Crippen LogP contribution in [0, 0.1) is 13.8 Å². The molecule has 0 aliphatic rings. The van der Waals surface area contributed by atoms with Crippen LogP contribution in [-0.2, 0) is 11.3 Å². The van der Waals surface area contributed by atoms with E-state index in [1.54, 1.807) is 17.7 Å². The number of Topliss-reactive ketones (excluding diaryl/α,β-unsaturated/α-hetero) is 1. The molecule has 176 valence electrons. The molecule has 0 bridgehead atoms. The van der Waals surface area contributed by atoms with Crippen molar-refractivity contribution in [2.24, 2.45) is 0 Å². The zero-order chi connectivity index (χ0) is 24.2. The largest absolute Gasteiger partial charge is 0.383 e. The summed E-state index contributed by atoms with van der Waals surface area (Å²) in [4.78, 5) is 31.3.